The van der Waals surface area contributed by atoms with E-state index in [1.165, 1.54) is 12.1 Å². The Morgan fingerprint density at radius 2 is 2.13 bits per heavy atom. The van der Waals surface area contributed by atoms with Gasteiger partial charge in [-0.25, -0.2) is 8.42 Å². The van der Waals surface area contributed by atoms with Crippen LogP contribution < -0.4 is 4.72 Å². The number of hydrogen-bond acceptors (Lipinski definition) is 8. The number of fused-ring (bicyclic) bond motifs is 1. The number of rotatable bonds is 8. The molecule has 0 unspecified atom stereocenters. The quantitative estimate of drug-likeness (QED) is 0.234. The molecule has 1 aromatic carbocycles. The second kappa shape index (κ2) is 9.17. The fourth-order valence-corrected chi connectivity index (χ4v) is 4.38. The molecule has 3 rings (SSSR count). The summed E-state index contributed by atoms with van der Waals surface area (Å²) in [6.07, 6.45) is 5.03. The molecule has 1 N–H and O–H groups in total. The van der Waals surface area contributed by atoms with Gasteiger partial charge in [0.2, 0.25) is 10.0 Å². The molecule has 0 saturated heterocycles. The molecule has 0 bridgehead atoms. The molecule has 0 saturated carbocycles. The van der Waals surface area contributed by atoms with Crippen LogP contribution in [0.3, 0.4) is 0 Å². The largest absolute Gasteiger partial charge is 0.460 e. The lowest BCUT2D eigenvalue weighted by Crippen LogP contribution is -2.30. The number of hydrogen-bond donors (Lipinski definition) is 1. The average Bonchev–Trinajstić information content (AvgIpc) is 3.13. The SMILES string of the molecule is CSc1ccc(S(=O)(=O)NCC(=O)OCc2cn3ccccc3c2C#N)cc1[N+](=O)[O-]. The van der Waals surface area contributed by atoms with Crippen molar-refractivity contribution in [2.75, 3.05) is 12.8 Å². The van der Waals surface area contributed by atoms with Crippen LogP contribution in [-0.2, 0) is 26.2 Å². The van der Waals surface area contributed by atoms with E-state index >= 15 is 0 Å². The van der Waals surface area contributed by atoms with Crippen molar-refractivity contribution in [2.45, 2.75) is 16.4 Å². The second-order valence-corrected chi connectivity index (χ2v) is 8.83. The molecule has 0 amide bonds. The van der Waals surface area contributed by atoms with Crippen molar-refractivity contribution < 1.29 is 22.9 Å². The number of nitrogens with zero attached hydrogens (tertiary/aromatic N) is 3. The first-order valence-electron chi connectivity index (χ1n) is 8.73. The van der Waals surface area contributed by atoms with E-state index < -0.39 is 27.5 Å². The topological polar surface area (TPSA) is 144 Å². The zero-order chi connectivity index (χ0) is 22.6. The van der Waals surface area contributed by atoms with Gasteiger partial charge in [-0.3, -0.25) is 14.9 Å². The van der Waals surface area contributed by atoms with Crippen LogP contribution in [0, 0.1) is 21.4 Å². The van der Waals surface area contributed by atoms with E-state index in [-0.39, 0.29) is 17.2 Å². The van der Waals surface area contributed by atoms with Crippen LogP contribution in [0.25, 0.3) is 5.52 Å². The van der Waals surface area contributed by atoms with Crippen LogP contribution in [-0.4, -0.2) is 36.5 Å². The van der Waals surface area contributed by atoms with E-state index in [4.69, 9.17) is 4.74 Å². The van der Waals surface area contributed by atoms with E-state index in [9.17, 15) is 28.6 Å². The van der Waals surface area contributed by atoms with Gasteiger partial charge in [0.1, 0.15) is 19.2 Å². The molecule has 12 heteroatoms. The number of sulfonamides is 1. The maximum atomic E-state index is 12.4. The summed E-state index contributed by atoms with van der Waals surface area (Å²) >= 11 is 1.11. The van der Waals surface area contributed by atoms with Gasteiger partial charge in [0, 0.05) is 24.0 Å². The van der Waals surface area contributed by atoms with Crippen molar-refractivity contribution in [3.8, 4) is 6.07 Å². The van der Waals surface area contributed by atoms with Crippen LogP contribution in [0.2, 0.25) is 0 Å². The fraction of sp³-hybridized carbons (Fsp3) is 0.158. The smallest absolute Gasteiger partial charge is 0.321 e. The number of nitrogens with one attached hydrogen (secondary N) is 1. The maximum Gasteiger partial charge on any atom is 0.321 e. The first-order valence-corrected chi connectivity index (χ1v) is 11.4. The third-order valence-corrected chi connectivity index (χ3v) is 6.51. The van der Waals surface area contributed by atoms with Crippen molar-refractivity contribution in [1.29, 1.82) is 5.26 Å². The lowest BCUT2D eigenvalue weighted by Gasteiger charge is -2.08. The number of benzene rings is 1. The third-order valence-electron chi connectivity index (χ3n) is 4.33. The van der Waals surface area contributed by atoms with Crippen molar-refractivity contribution >= 4 is 39.0 Å². The molecule has 0 aliphatic rings. The highest BCUT2D eigenvalue weighted by molar-refractivity contribution is 7.98. The summed E-state index contributed by atoms with van der Waals surface area (Å²) in [7, 11) is -4.17. The Balaban J connectivity index is 1.66. The molecular formula is C19H16N4O6S2. The number of esters is 1. The van der Waals surface area contributed by atoms with Crippen LogP contribution in [0.4, 0.5) is 5.69 Å². The fourth-order valence-electron chi connectivity index (χ4n) is 2.84. The lowest BCUT2D eigenvalue weighted by molar-refractivity contribution is -0.387. The second-order valence-electron chi connectivity index (χ2n) is 6.21. The molecule has 31 heavy (non-hydrogen) atoms. The summed E-state index contributed by atoms with van der Waals surface area (Å²) in [5, 5.41) is 20.5. The summed E-state index contributed by atoms with van der Waals surface area (Å²) in [5.74, 6) is -0.863. The van der Waals surface area contributed by atoms with E-state index in [1.807, 2.05) is 0 Å². The van der Waals surface area contributed by atoms with E-state index in [1.54, 1.807) is 41.2 Å². The number of pyridine rings is 1. The Morgan fingerprint density at radius 1 is 1.35 bits per heavy atom. The zero-order valence-electron chi connectivity index (χ0n) is 16.1. The summed E-state index contributed by atoms with van der Waals surface area (Å²) < 4.78 is 33.7. The predicted molar refractivity (Wildman–Crippen MR) is 112 cm³/mol. The van der Waals surface area contributed by atoms with Crippen LogP contribution in [0.1, 0.15) is 11.1 Å². The molecule has 0 atom stereocenters. The van der Waals surface area contributed by atoms with Gasteiger partial charge in [0.25, 0.3) is 5.69 Å². The van der Waals surface area contributed by atoms with E-state index in [2.05, 4.69) is 10.8 Å². The molecule has 0 aliphatic heterocycles. The highest BCUT2D eigenvalue weighted by Gasteiger charge is 2.22. The number of aromatic nitrogens is 1. The van der Waals surface area contributed by atoms with Crippen molar-refractivity contribution in [3.63, 3.8) is 0 Å². The zero-order valence-corrected chi connectivity index (χ0v) is 17.8. The Hall–Kier alpha value is -3.40. The standard InChI is InChI=1S/C19H16N4O6S2/c1-30-18-6-5-14(8-17(18)23(25)26)31(27,28)21-10-19(24)29-12-13-11-22-7-3-2-4-16(22)15(13)9-20/h2-8,11,21H,10,12H2,1H3. The summed E-state index contributed by atoms with van der Waals surface area (Å²) in [4.78, 5) is 22.5. The Bertz CT molecular complexity index is 1310. The van der Waals surface area contributed by atoms with Gasteiger partial charge in [-0.15, -0.1) is 11.8 Å². The average molecular weight is 460 g/mol. The number of nitro groups is 1. The molecular weight excluding hydrogens is 444 g/mol. The number of thioether (sulfide) groups is 1. The minimum absolute atomic E-state index is 0.209. The lowest BCUT2D eigenvalue weighted by atomic mass is 10.2. The predicted octanol–water partition coefficient (Wildman–Crippen LogP) is 2.46. The maximum absolute atomic E-state index is 12.4. The monoisotopic (exact) mass is 460 g/mol. The van der Waals surface area contributed by atoms with Crippen molar-refractivity contribution in [1.82, 2.24) is 9.12 Å². The highest BCUT2D eigenvalue weighted by Crippen LogP contribution is 2.29. The number of carbonyl (C=O) groups excluding carboxylic acids is 1. The first kappa shape index (κ1) is 22.3. The number of nitriles is 1. The molecule has 2 heterocycles. The Labute approximate surface area is 181 Å². The van der Waals surface area contributed by atoms with Gasteiger partial charge in [-0.05, 0) is 30.5 Å². The molecule has 0 radical (unpaired) electrons. The summed E-state index contributed by atoms with van der Waals surface area (Å²) in [5.41, 5.74) is 1.15. The number of carbonyl (C=O) groups is 1. The van der Waals surface area contributed by atoms with Gasteiger partial charge in [-0.1, -0.05) is 6.07 Å². The van der Waals surface area contributed by atoms with Crippen molar-refractivity contribution in [2.24, 2.45) is 0 Å². The van der Waals surface area contributed by atoms with Crippen LogP contribution >= 0.6 is 11.8 Å². The van der Waals surface area contributed by atoms with E-state index in [0.29, 0.717) is 21.5 Å². The first-order chi connectivity index (χ1) is 14.8. The van der Waals surface area contributed by atoms with Gasteiger partial charge >= 0.3 is 5.97 Å². The van der Waals surface area contributed by atoms with E-state index in [0.717, 1.165) is 17.8 Å². The molecule has 0 fully saturated rings. The minimum atomic E-state index is -4.17. The normalized spacial score (nSPS) is 11.2. The van der Waals surface area contributed by atoms with Crippen LogP contribution in [0.5, 0.6) is 0 Å². The molecule has 3 aromatic rings. The highest BCUT2D eigenvalue weighted by atomic mass is 32.2. The number of ether oxygens (including phenoxy) is 1. The Morgan fingerprint density at radius 3 is 2.81 bits per heavy atom. The number of nitro benzene ring substituents is 1. The summed E-state index contributed by atoms with van der Waals surface area (Å²) in [6.45, 7) is -0.880. The molecule has 160 valence electrons. The molecule has 0 spiro atoms. The minimum Gasteiger partial charge on any atom is -0.460 e. The van der Waals surface area contributed by atoms with Crippen LogP contribution in [0.15, 0.2) is 58.6 Å². The van der Waals surface area contributed by atoms with Gasteiger partial charge in [-0.2, -0.15) is 9.98 Å². The third kappa shape index (κ3) is 4.85. The van der Waals surface area contributed by atoms with Gasteiger partial charge in [0.15, 0.2) is 0 Å². The Kier molecular flexibility index (Phi) is 6.59. The van der Waals surface area contributed by atoms with Crippen molar-refractivity contribution in [3.05, 3.63) is 70.0 Å². The van der Waals surface area contributed by atoms with Gasteiger partial charge in [0.05, 0.1) is 25.8 Å². The molecule has 2 aromatic heterocycles. The molecule has 0 aliphatic carbocycles. The van der Waals surface area contributed by atoms with Gasteiger partial charge < -0.3 is 9.14 Å². The summed E-state index contributed by atoms with van der Waals surface area (Å²) in [6, 6.07) is 10.9. The molecule has 10 nitrogen and oxygen atoms in total.